The first kappa shape index (κ1) is 12.0. The summed E-state index contributed by atoms with van der Waals surface area (Å²) < 4.78 is 5.11. The Kier molecular flexibility index (Phi) is 3.72. The first-order valence-corrected chi connectivity index (χ1v) is 5.38. The van der Waals surface area contributed by atoms with Gasteiger partial charge >= 0.3 is 6.09 Å². The molecule has 15 heavy (non-hydrogen) atoms. The Balaban J connectivity index is 2.34. The lowest BCUT2D eigenvalue weighted by molar-refractivity contribution is -0.120. The molecule has 0 radical (unpaired) electrons. The SMILES string of the molecule is CC(C)(C)OC(=O)NC1CCCC(=O)C1. The lowest BCUT2D eigenvalue weighted by Gasteiger charge is -2.25. The topological polar surface area (TPSA) is 55.4 Å². The average molecular weight is 213 g/mol. The first-order chi connectivity index (χ1) is 6.87. The van der Waals surface area contributed by atoms with E-state index in [0.29, 0.717) is 12.8 Å². The van der Waals surface area contributed by atoms with Crippen LogP contribution in [-0.2, 0) is 9.53 Å². The van der Waals surface area contributed by atoms with E-state index < -0.39 is 11.7 Å². The number of hydrogen-bond donors (Lipinski definition) is 1. The lowest BCUT2D eigenvalue weighted by Crippen LogP contribution is -2.41. The molecule has 0 heterocycles. The molecule has 0 spiro atoms. The quantitative estimate of drug-likeness (QED) is 0.725. The fourth-order valence-electron chi connectivity index (χ4n) is 1.62. The van der Waals surface area contributed by atoms with Crippen LogP contribution in [0.2, 0.25) is 0 Å². The molecule has 1 saturated carbocycles. The molecule has 1 aliphatic carbocycles. The third-order valence-electron chi connectivity index (χ3n) is 2.20. The van der Waals surface area contributed by atoms with Crippen molar-refractivity contribution in [2.45, 2.75) is 58.1 Å². The van der Waals surface area contributed by atoms with E-state index in [0.717, 1.165) is 12.8 Å². The van der Waals surface area contributed by atoms with Gasteiger partial charge in [0.25, 0.3) is 0 Å². The summed E-state index contributed by atoms with van der Waals surface area (Å²) in [5, 5.41) is 2.72. The molecule has 0 aromatic rings. The molecular weight excluding hydrogens is 194 g/mol. The van der Waals surface area contributed by atoms with E-state index >= 15 is 0 Å². The maximum absolute atomic E-state index is 11.4. The number of Topliss-reactive ketones (excluding diaryl/α,β-unsaturated/α-hetero) is 1. The van der Waals surface area contributed by atoms with E-state index in [1.165, 1.54) is 0 Å². The predicted molar refractivity (Wildman–Crippen MR) is 56.6 cm³/mol. The smallest absolute Gasteiger partial charge is 0.407 e. The largest absolute Gasteiger partial charge is 0.444 e. The van der Waals surface area contributed by atoms with Crippen molar-refractivity contribution in [3.05, 3.63) is 0 Å². The fourth-order valence-corrected chi connectivity index (χ4v) is 1.62. The molecule has 1 N–H and O–H groups in total. The standard InChI is InChI=1S/C11H19NO3/c1-11(2,3)15-10(14)12-8-5-4-6-9(13)7-8/h8H,4-7H2,1-3H3,(H,12,14). The average Bonchev–Trinajstić information content (AvgIpc) is 1.99. The minimum atomic E-state index is -0.483. The van der Waals surface area contributed by atoms with Crippen LogP contribution in [0.4, 0.5) is 4.79 Å². The Labute approximate surface area is 90.4 Å². The van der Waals surface area contributed by atoms with Gasteiger partial charge in [-0.1, -0.05) is 0 Å². The van der Waals surface area contributed by atoms with Crippen molar-refractivity contribution >= 4 is 11.9 Å². The summed E-state index contributed by atoms with van der Waals surface area (Å²) in [6.07, 6.45) is 2.39. The van der Waals surface area contributed by atoms with Crippen LogP contribution in [0.5, 0.6) is 0 Å². The zero-order valence-electron chi connectivity index (χ0n) is 9.63. The highest BCUT2D eigenvalue weighted by atomic mass is 16.6. The number of carbonyl (C=O) groups excluding carboxylic acids is 2. The molecule has 1 fully saturated rings. The van der Waals surface area contributed by atoms with Gasteiger partial charge in [-0.05, 0) is 33.6 Å². The van der Waals surface area contributed by atoms with Crippen LogP contribution in [0.25, 0.3) is 0 Å². The van der Waals surface area contributed by atoms with Gasteiger partial charge in [-0.2, -0.15) is 0 Å². The van der Waals surface area contributed by atoms with Crippen LogP contribution in [0, 0.1) is 0 Å². The molecule has 4 heteroatoms. The molecule has 0 aromatic heterocycles. The van der Waals surface area contributed by atoms with Gasteiger partial charge in [0, 0.05) is 18.9 Å². The van der Waals surface area contributed by atoms with Crippen LogP contribution < -0.4 is 5.32 Å². The Morgan fingerprint density at radius 1 is 1.47 bits per heavy atom. The molecule has 0 aromatic carbocycles. The van der Waals surface area contributed by atoms with Crippen LogP contribution >= 0.6 is 0 Å². The highest BCUT2D eigenvalue weighted by Crippen LogP contribution is 2.15. The van der Waals surface area contributed by atoms with Crippen molar-refractivity contribution in [3.8, 4) is 0 Å². The molecule has 1 aliphatic rings. The van der Waals surface area contributed by atoms with E-state index in [1.807, 2.05) is 20.8 Å². The maximum atomic E-state index is 11.4. The second kappa shape index (κ2) is 4.64. The van der Waals surface area contributed by atoms with Gasteiger partial charge in [0.1, 0.15) is 11.4 Å². The van der Waals surface area contributed by atoms with E-state index in [1.54, 1.807) is 0 Å². The predicted octanol–water partition coefficient (Wildman–Crippen LogP) is 2.02. The van der Waals surface area contributed by atoms with Crippen LogP contribution in [0.15, 0.2) is 0 Å². The Morgan fingerprint density at radius 2 is 2.13 bits per heavy atom. The number of alkyl carbamates (subject to hydrolysis) is 1. The Morgan fingerprint density at radius 3 is 2.67 bits per heavy atom. The van der Waals surface area contributed by atoms with Crippen molar-refractivity contribution in [1.82, 2.24) is 5.32 Å². The van der Waals surface area contributed by atoms with Crippen molar-refractivity contribution in [3.63, 3.8) is 0 Å². The number of nitrogens with one attached hydrogen (secondary N) is 1. The molecule has 0 bridgehead atoms. The van der Waals surface area contributed by atoms with Gasteiger partial charge in [0.05, 0.1) is 0 Å². The number of carbonyl (C=O) groups is 2. The molecule has 0 saturated heterocycles. The molecule has 86 valence electrons. The van der Waals surface area contributed by atoms with Crippen LogP contribution in [0.1, 0.15) is 46.5 Å². The first-order valence-electron chi connectivity index (χ1n) is 5.38. The van der Waals surface area contributed by atoms with Crippen molar-refractivity contribution in [1.29, 1.82) is 0 Å². The molecule has 1 unspecified atom stereocenters. The number of rotatable bonds is 1. The van der Waals surface area contributed by atoms with Gasteiger partial charge in [-0.3, -0.25) is 4.79 Å². The van der Waals surface area contributed by atoms with Gasteiger partial charge in [0.2, 0.25) is 0 Å². The van der Waals surface area contributed by atoms with Gasteiger partial charge in [-0.15, -0.1) is 0 Å². The molecule has 1 rings (SSSR count). The van der Waals surface area contributed by atoms with Gasteiger partial charge in [0.15, 0.2) is 0 Å². The normalized spacial score (nSPS) is 22.3. The number of hydrogen-bond acceptors (Lipinski definition) is 3. The second-order valence-corrected chi connectivity index (χ2v) is 4.98. The van der Waals surface area contributed by atoms with E-state index in [2.05, 4.69) is 5.32 Å². The summed E-state index contributed by atoms with van der Waals surface area (Å²) in [5.74, 6) is 0.224. The van der Waals surface area contributed by atoms with E-state index in [4.69, 9.17) is 4.74 Å². The molecule has 1 amide bonds. The van der Waals surface area contributed by atoms with Crippen LogP contribution in [0.3, 0.4) is 0 Å². The van der Waals surface area contributed by atoms with Crippen molar-refractivity contribution in [2.24, 2.45) is 0 Å². The number of ether oxygens (including phenoxy) is 1. The summed E-state index contributed by atoms with van der Waals surface area (Å²) in [6, 6.07) is -0.0406. The lowest BCUT2D eigenvalue weighted by atomic mass is 9.94. The van der Waals surface area contributed by atoms with E-state index in [9.17, 15) is 9.59 Å². The zero-order chi connectivity index (χ0) is 11.5. The maximum Gasteiger partial charge on any atom is 0.407 e. The third kappa shape index (κ3) is 4.81. The third-order valence-corrected chi connectivity index (χ3v) is 2.20. The molecule has 0 aliphatic heterocycles. The molecule has 1 atom stereocenters. The van der Waals surface area contributed by atoms with Crippen molar-refractivity contribution < 1.29 is 14.3 Å². The monoisotopic (exact) mass is 213 g/mol. The van der Waals surface area contributed by atoms with Crippen LogP contribution in [-0.4, -0.2) is 23.5 Å². The molecule has 4 nitrogen and oxygen atoms in total. The second-order valence-electron chi connectivity index (χ2n) is 4.98. The Bertz CT molecular complexity index is 255. The van der Waals surface area contributed by atoms with Gasteiger partial charge < -0.3 is 10.1 Å². The number of ketones is 1. The summed E-state index contributed by atoms with van der Waals surface area (Å²) in [5.41, 5.74) is -0.483. The summed E-state index contributed by atoms with van der Waals surface area (Å²) >= 11 is 0. The Hall–Kier alpha value is -1.06. The van der Waals surface area contributed by atoms with Gasteiger partial charge in [-0.25, -0.2) is 4.79 Å². The summed E-state index contributed by atoms with van der Waals surface area (Å²) in [4.78, 5) is 22.5. The highest BCUT2D eigenvalue weighted by molar-refractivity contribution is 5.80. The highest BCUT2D eigenvalue weighted by Gasteiger charge is 2.23. The summed E-state index contributed by atoms with van der Waals surface area (Å²) in [7, 11) is 0. The minimum absolute atomic E-state index is 0.0406. The fraction of sp³-hybridized carbons (Fsp3) is 0.818. The summed E-state index contributed by atoms with van der Waals surface area (Å²) in [6.45, 7) is 5.45. The molecular formula is C11H19NO3. The number of amides is 1. The van der Waals surface area contributed by atoms with Crippen molar-refractivity contribution in [2.75, 3.05) is 0 Å². The minimum Gasteiger partial charge on any atom is -0.444 e. The van der Waals surface area contributed by atoms with E-state index in [-0.39, 0.29) is 11.8 Å². The zero-order valence-corrected chi connectivity index (χ0v) is 9.63.